The number of aromatic nitrogens is 1. The lowest BCUT2D eigenvalue weighted by Crippen LogP contribution is -2.48. The van der Waals surface area contributed by atoms with Crippen molar-refractivity contribution in [2.45, 2.75) is 26.3 Å². The topological polar surface area (TPSA) is 25.4 Å². The SMILES string of the molecule is C/C=C/C=C/c1cc(OCC2CCN2C)cnc1C. The van der Waals surface area contributed by atoms with Crippen molar-refractivity contribution in [2.75, 3.05) is 20.2 Å². The van der Waals surface area contributed by atoms with Crippen molar-refractivity contribution in [2.24, 2.45) is 0 Å². The molecule has 1 fully saturated rings. The molecule has 0 saturated carbocycles. The van der Waals surface area contributed by atoms with Crippen molar-refractivity contribution in [3.05, 3.63) is 41.7 Å². The van der Waals surface area contributed by atoms with E-state index in [4.69, 9.17) is 4.74 Å². The number of hydrogen-bond acceptors (Lipinski definition) is 3. The van der Waals surface area contributed by atoms with Gasteiger partial charge in [-0.15, -0.1) is 0 Å². The van der Waals surface area contributed by atoms with Crippen LogP contribution in [0.1, 0.15) is 24.6 Å². The van der Waals surface area contributed by atoms with E-state index < -0.39 is 0 Å². The number of nitrogens with zero attached hydrogens (tertiary/aromatic N) is 2. The van der Waals surface area contributed by atoms with Gasteiger partial charge in [0.15, 0.2) is 0 Å². The Hall–Kier alpha value is -1.61. The Morgan fingerprint density at radius 3 is 2.95 bits per heavy atom. The quantitative estimate of drug-likeness (QED) is 0.759. The van der Waals surface area contributed by atoms with Crippen LogP contribution in [0, 0.1) is 6.92 Å². The zero-order valence-electron chi connectivity index (χ0n) is 12.0. The molecule has 3 heteroatoms. The average Bonchev–Trinajstić information content (AvgIpc) is 2.40. The van der Waals surface area contributed by atoms with E-state index in [-0.39, 0.29) is 0 Å². The van der Waals surface area contributed by atoms with E-state index in [0.29, 0.717) is 6.04 Å². The van der Waals surface area contributed by atoms with E-state index >= 15 is 0 Å². The summed E-state index contributed by atoms with van der Waals surface area (Å²) in [6.45, 7) is 5.94. The van der Waals surface area contributed by atoms with E-state index in [1.807, 2.05) is 32.1 Å². The minimum atomic E-state index is 0.559. The second-order valence-electron chi connectivity index (χ2n) is 4.96. The molecule has 0 amide bonds. The van der Waals surface area contributed by atoms with Crippen molar-refractivity contribution in [1.29, 1.82) is 0 Å². The second-order valence-corrected chi connectivity index (χ2v) is 4.96. The number of likely N-dealkylation sites (tertiary alicyclic amines) is 1. The Morgan fingerprint density at radius 2 is 2.32 bits per heavy atom. The number of ether oxygens (including phenoxy) is 1. The van der Waals surface area contributed by atoms with Gasteiger partial charge in [-0.3, -0.25) is 9.88 Å². The van der Waals surface area contributed by atoms with Gasteiger partial charge in [0.2, 0.25) is 0 Å². The number of aryl methyl sites for hydroxylation is 1. The molecule has 1 saturated heterocycles. The maximum absolute atomic E-state index is 5.83. The molecule has 1 aliphatic heterocycles. The smallest absolute Gasteiger partial charge is 0.138 e. The van der Waals surface area contributed by atoms with Crippen LogP contribution in [-0.4, -0.2) is 36.1 Å². The standard InChI is InChI=1S/C16H22N2O/c1-4-5-6-7-14-10-16(11-17-13(14)2)19-12-15-8-9-18(15)3/h4-7,10-11,15H,8-9,12H2,1-3H3/b5-4+,7-6+. The first kappa shape index (κ1) is 13.8. The van der Waals surface area contributed by atoms with E-state index in [0.717, 1.165) is 23.6 Å². The van der Waals surface area contributed by atoms with Gasteiger partial charge in [-0.1, -0.05) is 24.3 Å². The lowest BCUT2D eigenvalue weighted by atomic mass is 10.1. The minimum Gasteiger partial charge on any atom is -0.490 e. The van der Waals surface area contributed by atoms with Gasteiger partial charge in [0.25, 0.3) is 0 Å². The summed E-state index contributed by atoms with van der Waals surface area (Å²) < 4.78 is 5.83. The molecule has 0 aromatic carbocycles. The molecule has 1 aromatic heterocycles. The first-order chi connectivity index (χ1) is 9.20. The number of likely N-dealkylation sites (N-methyl/N-ethyl adjacent to an activating group) is 1. The Labute approximate surface area is 115 Å². The van der Waals surface area contributed by atoms with E-state index in [1.165, 1.54) is 13.0 Å². The number of pyridine rings is 1. The van der Waals surface area contributed by atoms with Crippen LogP contribution in [0.5, 0.6) is 5.75 Å². The van der Waals surface area contributed by atoms with Crippen molar-refractivity contribution in [3.63, 3.8) is 0 Å². The van der Waals surface area contributed by atoms with E-state index in [1.54, 1.807) is 6.20 Å². The summed E-state index contributed by atoms with van der Waals surface area (Å²) in [5.41, 5.74) is 2.13. The molecule has 1 aliphatic rings. The fraction of sp³-hybridized carbons (Fsp3) is 0.438. The van der Waals surface area contributed by atoms with Crippen LogP contribution in [0.2, 0.25) is 0 Å². The highest BCUT2D eigenvalue weighted by molar-refractivity contribution is 5.55. The number of rotatable bonds is 5. The molecule has 0 bridgehead atoms. The Morgan fingerprint density at radius 1 is 1.47 bits per heavy atom. The molecule has 2 rings (SSSR count). The van der Waals surface area contributed by atoms with Crippen molar-refractivity contribution < 1.29 is 4.74 Å². The van der Waals surface area contributed by atoms with Gasteiger partial charge in [-0.2, -0.15) is 0 Å². The lowest BCUT2D eigenvalue weighted by Gasteiger charge is -2.37. The summed E-state index contributed by atoms with van der Waals surface area (Å²) in [4.78, 5) is 6.70. The molecule has 3 nitrogen and oxygen atoms in total. The third-order valence-corrected chi connectivity index (χ3v) is 3.56. The summed E-state index contributed by atoms with van der Waals surface area (Å²) >= 11 is 0. The summed E-state index contributed by atoms with van der Waals surface area (Å²) in [5.74, 6) is 0.853. The maximum atomic E-state index is 5.83. The third-order valence-electron chi connectivity index (χ3n) is 3.56. The fourth-order valence-corrected chi connectivity index (χ4v) is 2.02. The third kappa shape index (κ3) is 3.67. The molecule has 1 aromatic rings. The molecular formula is C16H22N2O. The molecule has 19 heavy (non-hydrogen) atoms. The van der Waals surface area contributed by atoms with Crippen LogP contribution in [-0.2, 0) is 0 Å². The van der Waals surface area contributed by atoms with Crippen LogP contribution >= 0.6 is 0 Å². The zero-order chi connectivity index (χ0) is 13.7. The summed E-state index contributed by atoms with van der Waals surface area (Å²) in [5, 5.41) is 0. The second kappa shape index (κ2) is 6.53. The predicted octanol–water partition coefficient (Wildman–Crippen LogP) is 3.06. The average molecular weight is 258 g/mol. The molecule has 0 aliphatic carbocycles. The summed E-state index contributed by atoms with van der Waals surface area (Å²) in [7, 11) is 2.14. The van der Waals surface area contributed by atoms with E-state index in [2.05, 4.69) is 29.1 Å². The van der Waals surface area contributed by atoms with Crippen LogP contribution in [0.4, 0.5) is 0 Å². The van der Waals surface area contributed by atoms with Crippen LogP contribution < -0.4 is 4.74 Å². The first-order valence-corrected chi connectivity index (χ1v) is 6.79. The molecule has 0 N–H and O–H groups in total. The van der Waals surface area contributed by atoms with Gasteiger partial charge >= 0.3 is 0 Å². The monoisotopic (exact) mass is 258 g/mol. The molecule has 1 atom stereocenters. The highest BCUT2D eigenvalue weighted by Gasteiger charge is 2.24. The highest BCUT2D eigenvalue weighted by atomic mass is 16.5. The zero-order valence-corrected chi connectivity index (χ0v) is 12.0. The lowest BCUT2D eigenvalue weighted by molar-refractivity contribution is 0.0767. The minimum absolute atomic E-state index is 0.559. The Bertz CT molecular complexity index is 480. The molecule has 2 heterocycles. The number of hydrogen-bond donors (Lipinski definition) is 0. The van der Waals surface area contributed by atoms with Crippen LogP contribution in [0.25, 0.3) is 6.08 Å². The van der Waals surface area contributed by atoms with Gasteiger partial charge in [-0.05, 0) is 45.5 Å². The largest absolute Gasteiger partial charge is 0.490 e. The predicted molar refractivity (Wildman–Crippen MR) is 79.4 cm³/mol. The van der Waals surface area contributed by atoms with Crippen LogP contribution in [0.15, 0.2) is 30.5 Å². The molecule has 1 unspecified atom stereocenters. The molecule has 0 radical (unpaired) electrons. The van der Waals surface area contributed by atoms with Gasteiger partial charge < -0.3 is 4.74 Å². The van der Waals surface area contributed by atoms with Crippen molar-refractivity contribution in [3.8, 4) is 5.75 Å². The maximum Gasteiger partial charge on any atom is 0.138 e. The molecule has 102 valence electrons. The molecular weight excluding hydrogens is 236 g/mol. The van der Waals surface area contributed by atoms with Gasteiger partial charge in [0, 0.05) is 11.7 Å². The van der Waals surface area contributed by atoms with Crippen molar-refractivity contribution in [1.82, 2.24) is 9.88 Å². The number of allylic oxidation sites excluding steroid dienone is 3. The van der Waals surface area contributed by atoms with Gasteiger partial charge in [-0.25, -0.2) is 0 Å². The summed E-state index contributed by atoms with van der Waals surface area (Å²) in [6, 6.07) is 2.62. The normalized spacial score (nSPS) is 20.1. The van der Waals surface area contributed by atoms with Crippen LogP contribution in [0.3, 0.4) is 0 Å². The molecule has 0 spiro atoms. The summed E-state index contributed by atoms with van der Waals surface area (Å²) in [6.07, 6.45) is 11.1. The van der Waals surface area contributed by atoms with Crippen molar-refractivity contribution >= 4 is 6.08 Å². The van der Waals surface area contributed by atoms with E-state index in [9.17, 15) is 0 Å². The van der Waals surface area contributed by atoms with Gasteiger partial charge in [0.1, 0.15) is 12.4 Å². The Kier molecular flexibility index (Phi) is 4.74. The first-order valence-electron chi connectivity index (χ1n) is 6.79. The Balaban J connectivity index is 1.99. The highest BCUT2D eigenvalue weighted by Crippen LogP contribution is 2.19. The fourth-order valence-electron chi connectivity index (χ4n) is 2.02. The van der Waals surface area contributed by atoms with Gasteiger partial charge in [0.05, 0.1) is 6.20 Å².